The van der Waals surface area contributed by atoms with E-state index in [9.17, 15) is 19.3 Å². The lowest BCUT2D eigenvalue weighted by atomic mass is 9.97. The Morgan fingerprint density at radius 3 is 2.68 bits per heavy atom. The molecule has 1 saturated heterocycles. The van der Waals surface area contributed by atoms with Crippen LogP contribution in [0, 0.1) is 11.3 Å². The number of hydrogen-bond donors (Lipinski definition) is 3. The highest BCUT2D eigenvalue weighted by Crippen LogP contribution is 2.45. The minimum atomic E-state index is -3.98. The SMILES string of the molecule is CC(C)OC(=O)C(C)NP(=O)(OCCSC(=O)C(C)(C)CO)OCC1CC(C)C(N2C=CC(N)=NC2)O1. The molecule has 5 unspecified atom stereocenters. The monoisotopic (exact) mass is 564 g/mol. The molecule has 0 aromatic carbocycles. The molecular weight excluding hydrogens is 523 g/mol. The molecule has 4 N–H and O–H groups in total. The van der Waals surface area contributed by atoms with Crippen LogP contribution in [0.15, 0.2) is 17.3 Å². The molecule has 1 fully saturated rings. The summed E-state index contributed by atoms with van der Waals surface area (Å²) in [6.07, 6.45) is 3.24. The average molecular weight is 565 g/mol. The number of carbonyl (C=O) groups is 2. The number of nitrogens with one attached hydrogen (secondary N) is 1. The summed E-state index contributed by atoms with van der Waals surface area (Å²) in [5, 5.41) is 11.8. The van der Waals surface area contributed by atoms with Gasteiger partial charge in [0.1, 0.15) is 24.8 Å². The van der Waals surface area contributed by atoms with Gasteiger partial charge in [-0.3, -0.25) is 18.6 Å². The number of carbonyl (C=O) groups excluding carboxylic acids is 2. The topological polar surface area (TPSA) is 162 Å². The van der Waals surface area contributed by atoms with Crippen LogP contribution in [0.4, 0.5) is 0 Å². The van der Waals surface area contributed by atoms with E-state index in [1.54, 1.807) is 33.8 Å². The van der Waals surface area contributed by atoms with E-state index in [0.29, 0.717) is 18.9 Å². The lowest BCUT2D eigenvalue weighted by Crippen LogP contribution is -2.38. The summed E-state index contributed by atoms with van der Waals surface area (Å²) in [5.41, 5.74) is 4.80. The fourth-order valence-corrected chi connectivity index (χ4v) is 5.93. The van der Waals surface area contributed by atoms with Crippen molar-refractivity contribution in [3.05, 3.63) is 12.3 Å². The van der Waals surface area contributed by atoms with E-state index in [0.717, 1.165) is 11.8 Å². The number of esters is 1. The van der Waals surface area contributed by atoms with Gasteiger partial charge in [0.05, 0.1) is 37.4 Å². The predicted octanol–water partition coefficient (Wildman–Crippen LogP) is 2.23. The number of nitrogens with zero attached hydrogens (tertiary/aromatic N) is 2. The molecule has 0 aromatic heterocycles. The van der Waals surface area contributed by atoms with Crippen molar-refractivity contribution in [2.45, 2.75) is 72.4 Å². The Morgan fingerprint density at radius 2 is 2.08 bits per heavy atom. The van der Waals surface area contributed by atoms with Crippen molar-refractivity contribution in [2.75, 3.05) is 32.2 Å². The first-order valence-electron chi connectivity index (χ1n) is 12.3. The molecule has 212 valence electrons. The lowest BCUT2D eigenvalue weighted by molar-refractivity contribution is -0.149. The molecule has 0 bridgehead atoms. The zero-order valence-electron chi connectivity index (χ0n) is 22.4. The third-order valence-electron chi connectivity index (χ3n) is 5.65. The van der Waals surface area contributed by atoms with Crippen LogP contribution in [0.1, 0.15) is 48.0 Å². The van der Waals surface area contributed by atoms with E-state index in [1.807, 2.05) is 18.0 Å². The quantitative estimate of drug-likeness (QED) is 0.160. The van der Waals surface area contributed by atoms with Crippen molar-refractivity contribution in [1.29, 1.82) is 0 Å². The number of amidine groups is 1. The number of aliphatic hydroxyl groups excluding tert-OH is 1. The largest absolute Gasteiger partial charge is 0.462 e. The first-order valence-corrected chi connectivity index (χ1v) is 14.8. The number of hydrogen-bond acceptors (Lipinski definition) is 12. The zero-order valence-corrected chi connectivity index (χ0v) is 24.1. The first-order chi connectivity index (χ1) is 17.3. The maximum Gasteiger partial charge on any atom is 0.406 e. The van der Waals surface area contributed by atoms with Crippen molar-refractivity contribution in [2.24, 2.45) is 22.1 Å². The molecule has 12 nitrogen and oxygen atoms in total. The van der Waals surface area contributed by atoms with Gasteiger partial charge in [-0.2, -0.15) is 0 Å². The zero-order chi connectivity index (χ0) is 27.8. The van der Waals surface area contributed by atoms with Crippen LogP contribution in [0.25, 0.3) is 0 Å². The summed E-state index contributed by atoms with van der Waals surface area (Å²) in [7, 11) is -3.98. The highest BCUT2D eigenvalue weighted by Gasteiger charge is 2.38. The third-order valence-corrected chi connectivity index (χ3v) is 8.55. The van der Waals surface area contributed by atoms with Gasteiger partial charge in [0.25, 0.3) is 0 Å². The van der Waals surface area contributed by atoms with Crippen LogP contribution < -0.4 is 10.8 Å². The normalized spacial score (nSPS) is 24.6. The molecule has 37 heavy (non-hydrogen) atoms. The summed E-state index contributed by atoms with van der Waals surface area (Å²) >= 11 is 0.966. The van der Waals surface area contributed by atoms with Gasteiger partial charge in [-0.05, 0) is 47.1 Å². The van der Waals surface area contributed by atoms with Crippen molar-refractivity contribution < 1.29 is 37.8 Å². The van der Waals surface area contributed by atoms with Gasteiger partial charge in [-0.1, -0.05) is 18.7 Å². The minimum absolute atomic E-state index is 0.0381. The van der Waals surface area contributed by atoms with E-state index in [4.69, 9.17) is 24.3 Å². The standard InChI is InChI=1S/C23H41N4O8PS/c1-15(2)34-21(29)17(4)26-36(31,32-9-10-37-22(30)23(5,6)13-28)33-12-18-11-16(3)20(35-18)27-8-7-19(24)25-14-27/h7-8,15-18,20,28H,9-14H2,1-6H3,(H2,24,25)(H,26,31). The number of aliphatic hydroxyl groups is 1. The Bertz CT molecular complexity index is 900. The minimum Gasteiger partial charge on any atom is -0.462 e. The van der Waals surface area contributed by atoms with E-state index >= 15 is 0 Å². The highest BCUT2D eigenvalue weighted by molar-refractivity contribution is 8.13. The summed E-state index contributed by atoms with van der Waals surface area (Å²) in [6.45, 7) is 10.2. The lowest BCUT2D eigenvalue weighted by Gasteiger charge is -2.30. The molecule has 2 rings (SSSR count). The van der Waals surface area contributed by atoms with E-state index in [1.165, 1.54) is 6.92 Å². The molecule has 2 aliphatic rings. The van der Waals surface area contributed by atoms with Crippen LogP contribution >= 0.6 is 19.5 Å². The number of nitrogens with two attached hydrogens (primary N) is 1. The molecule has 0 saturated carbocycles. The molecule has 2 heterocycles. The molecule has 0 aromatic rings. The van der Waals surface area contributed by atoms with Crippen molar-refractivity contribution in [3.63, 3.8) is 0 Å². The Hall–Kier alpha value is -1.47. The number of thioether (sulfide) groups is 1. The number of aliphatic imine (C=N–C) groups is 1. The molecule has 14 heteroatoms. The fraction of sp³-hybridized carbons (Fsp3) is 0.783. The second-order valence-corrected chi connectivity index (χ2v) is 12.9. The van der Waals surface area contributed by atoms with Crippen LogP contribution in [-0.2, 0) is 32.7 Å². The van der Waals surface area contributed by atoms with Crippen molar-refractivity contribution in [1.82, 2.24) is 9.99 Å². The van der Waals surface area contributed by atoms with Crippen molar-refractivity contribution >= 4 is 36.4 Å². The predicted molar refractivity (Wildman–Crippen MR) is 142 cm³/mol. The van der Waals surface area contributed by atoms with Gasteiger partial charge in [0, 0.05) is 17.9 Å². The third kappa shape index (κ3) is 9.97. The van der Waals surface area contributed by atoms with Gasteiger partial charge in [-0.15, -0.1) is 0 Å². The molecule has 5 atom stereocenters. The van der Waals surface area contributed by atoms with Crippen LogP contribution in [0.5, 0.6) is 0 Å². The van der Waals surface area contributed by atoms with Gasteiger partial charge in [-0.25, -0.2) is 14.6 Å². The molecule has 0 aliphatic carbocycles. The number of ether oxygens (including phenoxy) is 2. The molecule has 0 spiro atoms. The van der Waals surface area contributed by atoms with Crippen LogP contribution in [0.3, 0.4) is 0 Å². The first kappa shape index (κ1) is 31.7. The fourth-order valence-electron chi connectivity index (χ4n) is 3.50. The van der Waals surface area contributed by atoms with Crippen molar-refractivity contribution in [3.8, 4) is 0 Å². The van der Waals surface area contributed by atoms with E-state index in [2.05, 4.69) is 10.1 Å². The van der Waals surface area contributed by atoms with Gasteiger partial charge in [0.15, 0.2) is 5.12 Å². The van der Waals surface area contributed by atoms with Crippen LogP contribution in [0.2, 0.25) is 0 Å². The van der Waals surface area contributed by atoms with E-state index in [-0.39, 0.29) is 55.0 Å². The summed E-state index contributed by atoms with van der Waals surface area (Å²) in [5.74, 6) is 0.194. The second kappa shape index (κ2) is 14.1. The molecule has 0 amide bonds. The molecule has 0 radical (unpaired) electrons. The summed E-state index contributed by atoms with van der Waals surface area (Å²) in [6, 6.07) is -0.964. The smallest absolute Gasteiger partial charge is 0.406 e. The van der Waals surface area contributed by atoms with Gasteiger partial charge >= 0.3 is 13.7 Å². The number of rotatable bonds is 14. The highest BCUT2D eigenvalue weighted by atomic mass is 32.2. The average Bonchev–Trinajstić information content (AvgIpc) is 3.21. The van der Waals surface area contributed by atoms with Gasteiger partial charge < -0.3 is 25.2 Å². The maximum atomic E-state index is 13.6. The Kier molecular flexibility index (Phi) is 12.1. The summed E-state index contributed by atoms with van der Waals surface area (Å²) in [4.78, 5) is 30.7. The molecular formula is C23H41N4O8PS. The summed E-state index contributed by atoms with van der Waals surface area (Å²) < 4.78 is 36.1. The van der Waals surface area contributed by atoms with E-state index < -0.39 is 25.2 Å². The Labute approximate surface area is 223 Å². The Balaban J connectivity index is 1.98. The van der Waals surface area contributed by atoms with Crippen LogP contribution in [-0.4, -0.2) is 83.6 Å². The molecule has 2 aliphatic heterocycles. The van der Waals surface area contributed by atoms with Gasteiger partial charge in [0.2, 0.25) is 0 Å². The second-order valence-electron chi connectivity index (χ2n) is 10.1. The Morgan fingerprint density at radius 1 is 1.38 bits per heavy atom. The maximum absolute atomic E-state index is 13.6.